The summed E-state index contributed by atoms with van der Waals surface area (Å²) in [6.07, 6.45) is 13.9. The summed E-state index contributed by atoms with van der Waals surface area (Å²) >= 11 is 0. The van der Waals surface area contributed by atoms with E-state index in [0.29, 0.717) is 17.8 Å². The molecule has 0 spiro atoms. The molecule has 2 rings (SSSR count). The third kappa shape index (κ3) is 8.63. The van der Waals surface area contributed by atoms with Gasteiger partial charge in [-0.25, -0.2) is 4.39 Å². The van der Waals surface area contributed by atoms with Crippen LogP contribution in [0.5, 0.6) is 0 Å². The van der Waals surface area contributed by atoms with Crippen LogP contribution >= 0.6 is 0 Å². The van der Waals surface area contributed by atoms with Crippen molar-refractivity contribution in [3.05, 3.63) is 59.2 Å². The molecule has 0 saturated carbocycles. The highest BCUT2D eigenvalue weighted by Gasteiger charge is 2.19. The smallest absolute Gasteiger partial charge is 0.126 e. The predicted molar refractivity (Wildman–Crippen MR) is 129 cm³/mol. The number of benzene rings is 1. The van der Waals surface area contributed by atoms with Crippen LogP contribution in [0, 0.1) is 17.7 Å². The summed E-state index contributed by atoms with van der Waals surface area (Å²) in [5.41, 5.74) is 4.76. The van der Waals surface area contributed by atoms with E-state index >= 15 is 0 Å². The molecule has 170 valence electrons. The van der Waals surface area contributed by atoms with Crippen LogP contribution in [0.15, 0.2) is 42.2 Å². The second-order valence-corrected chi connectivity index (χ2v) is 9.35. The highest BCUT2D eigenvalue weighted by molar-refractivity contribution is 5.27. The first-order valence-electron chi connectivity index (χ1n) is 11.8. The Bertz CT molecular complexity index is 677. The Morgan fingerprint density at radius 2 is 1.93 bits per heavy atom. The lowest BCUT2D eigenvalue weighted by molar-refractivity contribution is 0.428. The van der Waals surface area contributed by atoms with Crippen LogP contribution in [0.2, 0.25) is 0 Å². The van der Waals surface area contributed by atoms with Gasteiger partial charge in [-0.3, -0.25) is 0 Å². The van der Waals surface area contributed by atoms with Gasteiger partial charge in [-0.05, 0) is 79.9 Å². The van der Waals surface area contributed by atoms with Gasteiger partial charge < -0.3 is 11.5 Å². The molecule has 2 unspecified atom stereocenters. The van der Waals surface area contributed by atoms with E-state index in [1.165, 1.54) is 55.5 Å². The fraction of sp³-hybridized carbons (Fsp3) is 0.630. The van der Waals surface area contributed by atoms with Crippen molar-refractivity contribution in [2.45, 2.75) is 97.8 Å². The number of rotatable bonds is 11. The summed E-state index contributed by atoms with van der Waals surface area (Å²) in [4.78, 5) is 0. The molecule has 0 radical (unpaired) electrons. The minimum atomic E-state index is -0.0418. The van der Waals surface area contributed by atoms with Crippen LogP contribution in [0.1, 0.15) is 103 Å². The van der Waals surface area contributed by atoms with E-state index in [9.17, 15) is 4.39 Å². The van der Waals surface area contributed by atoms with Crippen molar-refractivity contribution in [2.75, 3.05) is 0 Å². The van der Waals surface area contributed by atoms with Gasteiger partial charge in [0, 0.05) is 11.4 Å². The number of hydrogen-bond donors (Lipinski definition) is 2. The largest absolute Gasteiger partial charge is 0.363 e. The molecular formula is C27H45FN2. The van der Waals surface area contributed by atoms with E-state index in [1.54, 1.807) is 6.07 Å². The van der Waals surface area contributed by atoms with Crippen molar-refractivity contribution in [3.8, 4) is 0 Å². The van der Waals surface area contributed by atoms with Crippen molar-refractivity contribution in [3.63, 3.8) is 0 Å². The molecule has 2 nitrogen and oxygen atoms in total. The minimum absolute atomic E-state index is 0. The molecule has 4 N–H and O–H groups in total. The van der Waals surface area contributed by atoms with Gasteiger partial charge in [0.1, 0.15) is 5.82 Å². The summed E-state index contributed by atoms with van der Waals surface area (Å²) in [6, 6.07) is 5.77. The number of unbranched alkanes of at least 4 members (excludes halogenated alkanes) is 2. The number of aryl methyl sites for hydroxylation is 1. The zero-order valence-electron chi connectivity index (χ0n) is 19.9. The number of nitrogens with one attached hydrogen (secondary N) is 1. The van der Waals surface area contributed by atoms with Gasteiger partial charge in [0.2, 0.25) is 0 Å². The maximum atomic E-state index is 14.1. The van der Waals surface area contributed by atoms with Crippen LogP contribution in [-0.2, 0) is 6.42 Å². The molecule has 0 aliphatic carbocycles. The van der Waals surface area contributed by atoms with Gasteiger partial charge in [0.05, 0.1) is 0 Å². The first kappa shape index (κ1) is 26.4. The summed E-state index contributed by atoms with van der Waals surface area (Å²) in [5.74, 6) is 1.70. The van der Waals surface area contributed by atoms with Crippen LogP contribution < -0.4 is 11.5 Å². The van der Waals surface area contributed by atoms with E-state index in [2.05, 4.69) is 51.7 Å². The zero-order chi connectivity index (χ0) is 21.2. The summed E-state index contributed by atoms with van der Waals surface area (Å²) in [7, 11) is 0. The summed E-state index contributed by atoms with van der Waals surface area (Å²) in [5, 5.41) is 3.51. The van der Waals surface area contributed by atoms with E-state index in [1.807, 2.05) is 6.07 Å². The van der Waals surface area contributed by atoms with E-state index in [0.717, 1.165) is 31.2 Å². The van der Waals surface area contributed by atoms with Crippen LogP contribution in [0.4, 0.5) is 4.39 Å². The average molecular weight is 417 g/mol. The molecule has 1 fully saturated rings. The van der Waals surface area contributed by atoms with Crippen LogP contribution in [-0.4, -0.2) is 0 Å². The Morgan fingerprint density at radius 1 is 1.17 bits per heavy atom. The zero-order valence-corrected chi connectivity index (χ0v) is 19.9. The van der Waals surface area contributed by atoms with Crippen LogP contribution in [0.25, 0.3) is 0 Å². The Labute approximate surface area is 185 Å². The molecule has 1 aromatic carbocycles. The number of piperidine rings is 1. The Morgan fingerprint density at radius 3 is 2.60 bits per heavy atom. The van der Waals surface area contributed by atoms with Gasteiger partial charge in [-0.2, -0.15) is 0 Å². The van der Waals surface area contributed by atoms with Gasteiger partial charge >= 0.3 is 0 Å². The molecule has 1 aliphatic heterocycles. The lowest BCUT2D eigenvalue weighted by Gasteiger charge is -2.28. The standard InChI is InChI=1S/C27H42FN.H3N/c1-6-10-26-17-15-23(22(5)29-26)12-9-7-8-11-21(4)24-16-18-27(28)25(19-24)14-13-20(2)3;/h10,16,18-21,23,29H,5-9,11-15,17H2,1-4H3;1H3/b26-10-;. The molecule has 3 heteroatoms. The molecule has 1 heterocycles. The Hall–Kier alpha value is -1.61. The summed E-state index contributed by atoms with van der Waals surface area (Å²) < 4.78 is 14.1. The normalized spacial score (nSPS) is 18.9. The van der Waals surface area contributed by atoms with Crippen molar-refractivity contribution < 1.29 is 4.39 Å². The van der Waals surface area contributed by atoms with E-state index < -0.39 is 0 Å². The highest BCUT2D eigenvalue weighted by atomic mass is 19.1. The number of allylic oxidation sites excluding steroid dienone is 3. The lowest BCUT2D eigenvalue weighted by Crippen LogP contribution is -2.25. The quantitative estimate of drug-likeness (QED) is 0.355. The predicted octanol–water partition coefficient (Wildman–Crippen LogP) is 8.44. The third-order valence-corrected chi connectivity index (χ3v) is 6.35. The van der Waals surface area contributed by atoms with Crippen molar-refractivity contribution in [2.24, 2.45) is 11.8 Å². The van der Waals surface area contributed by atoms with E-state index in [4.69, 9.17) is 0 Å². The highest BCUT2D eigenvalue weighted by Crippen LogP contribution is 2.30. The van der Waals surface area contributed by atoms with Gasteiger partial charge in [0.25, 0.3) is 0 Å². The van der Waals surface area contributed by atoms with Gasteiger partial charge in [-0.15, -0.1) is 0 Å². The molecule has 0 bridgehead atoms. The second kappa shape index (κ2) is 13.6. The minimum Gasteiger partial charge on any atom is -0.363 e. The Kier molecular flexibility index (Phi) is 12.0. The molecule has 1 saturated heterocycles. The first-order valence-corrected chi connectivity index (χ1v) is 11.8. The fourth-order valence-electron chi connectivity index (χ4n) is 4.31. The van der Waals surface area contributed by atoms with Crippen molar-refractivity contribution >= 4 is 0 Å². The topological polar surface area (TPSA) is 47.0 Å². The second-order valence-electron chi connectivity index (χ2n) is 9.35. The van der Waals surface area contributed by atoms with Crippen molar-refractivity contribution in [1.82, 2.24) is 11.5 Å². The lowest BCUT2D eigenvalue weighted by atomic mass is 9.88. The molecule has 0 aromatic heterocycles. The first-order chi connectivity index (χ1) is 13.9. The van der Waals surface area contributed by atoms with Gasteiger partial charge in [-0.1, -0.05) is 71.7 Å². The van der Waals surface area contributed by atoms with Crippen LogP contribution in [0.3, 0.4) is 0 Å². The number of hydrogen-bond acceptors (Lipinski definition) is 2. The average Bonchev–Trinajstić information content (AvgIpc) is 2.68. The SMILES string of the molecule is C=C1N/C(=C\CC)CCC1CCCCCC(C)c1ccc(F)c(CCC(C)C)c1.N. The molecule has 2 atom stereocenters. The number of halogens is 1. The molecule has 1 aromatic rings. The maximum absolute atomic E-state index is 14.1. The summed E-state index contributed by atoms with van der Waals surface area (Å²) in [6.45, 7) is 13.1. The molecular weight excluding hydrogens is 371 g/mol. The van der Waals surface area contributed by atoms with E-state index in [-0.39, 0.29) is 12.0 Å². The molecule has 30 heavy (non-hydrogen) atoms. The van der Waals surface area contributed by atoms with Gasteiger partial charge in [0.15, 0.2) is 0 Å². The fourth-order valence-corrected chi connectivity index (χ4v) is 4.31. The molecule has 0 amide bonds. The third-order valence-electron chi connectivity index (χ3n) is 6.35. The Balaban J connectivity index is 0.00000450. The monoisotopic (exact) mass is 416 g/mol. The maximum Gasteiger partial charge on any atom is 0.126 e. The molecule has 1 aliphatic rings. The van der Waals surface area contributed by atoms with Crippen molar-refractivity contribution in [1.29, 1.82) is 0 Å².